The summed E-state index contributed by atoms with van der Waals surface area (Å²) in [4.78, 5) is 26.4. The lowest BCUT2D eigenvalue weighted by molar-refractivity contribution is -0.128. The van der Waals surface area contributed by atoms with Crippen LogP contribution in [-0.2, 0) is 22.4 Å². The molecule has 1 atom stereocenters. The lowest BCUT2D eigenvalue weighted by Crippen LogP contribution is -2.25. The van der Waals surface area contributed by atoms with Gasteiger partial charge in [-0.05, 0) is 54.0 Å². The Labute approximate surface area is 180 Å². The van der Waals surface area contributed by atoms with Crippen LogP contribution in [0.1, 0.15) is 48.8 Å². The second kappa shape index (κ2) is 11.7. The fraction of sp³-hybridized carbons (Fsp3) is 0.417. The number of amides is 2. The molecule has 0 bridgehead atoms. The summed E-state index contributed by atoms with van der Waals surface area (Å²) < 4.78 is 0. The molecule has 2 rings (SSSR count). The van der Waals surface area contributed by atoms with E-state index in [0.717, 1.165) is 29.7 Å². The lowest BCUT2D eigenvalue weighted by atomic mass is 9.95. The van der Waals surface area contributed by atoms with E-state index < -0.39 is 0 Å². The zero-order valence-electron chi connectivity index (χ0n) is 17.6. The number of aryl methyl sites for hydroxylation is 2. The zero-order chi connectivity index (χ0) is 21.2. The molecule has 0 heterocycles. The van der Waals surface area contributed by atoms with E-state index in [1.807, 2.05) is 24.3 Å². The van der Waals surface area contributed by atoms with Crippen LogP contribution >= 0.6 is 12.6 Å². The van der Waals surface area contributed by atoms with Crippen molar-refractivity contribution in [3.8, 4) is 0 Å². The van der Waals surface area contributed by atoms with Gasteiger partial charge in [-0.2, -0.15) is 0 Å². The molecular formula is C24H32N2O2S. The van der Waals surface area contributed by atoms with E-state index >= 15 is 0 Å². The van der Waals surface area contributed by atoms with Gasteiger partial charge < -0.3 is 10.2 Å². The van der Waals surface area contributed by atoms with Gasteiger partial charge in [0.15, 0.2) is 0 Å². The SMILES string of the molecule is CC(CCNC(=O)CCc1cccc(S)c1)c1cccc(CCC(=O)N(C)C)c1. The number of hydrogen-bond donors (Lipinski definition) is 2. The molecule has 29 heavy (non-hydrogen) atoms. The van der Waals surface area contributed by atoms with Crippen LogP contribution in [0.5, 0.6) is 0 Å². The number of hydrogen-bond acceptors (Lipinski definition) is 3. The number of nitrogens with one attached hydrogen (secondary N) is 1. The third-order valence-electron chi connectivity index (χ3n) is 5.10. The number of rotatable bonds is 10. The maximum atomic E-state index is 12.1. The minimum Gasteiger partial charge on any atom is -0.356 e. The highest BCUT2D eigenvalue weighted by atomic mass is 32.1. The van der Waals surface area contributed by atoms with Crippen molar-refractivity contribution in [2.45, 2.75) is 49.8 Å². The predicted molar refractivity (Wildman–Crippen MR) is 122 cm³/mol. The fourth-order valence-electron chi connectivity index (χ4n) is 3.18. The topological polar surface area (TPSA) is 49.4 Å². The molecule has 0 aliphatic rings. The van der Waals surface area contributed by atoms with Crippen LogP contribution in [0.3, 0.4) is 0 Å². The van der Waals surface area contributed by atoms with Gasteiger partial charge in [0.2, 0.25) is 11.8 Å². The molecule has 2 aromatic carbocycles. The molecule has 0 aliphatic carbocycles. The van der Waals surface area contributed by atoms with Gasteiger partial charge in [0, 0.05) is 38.4 Å². The molecule has 0 aliphatic heterocycles. The molecule has 0 saturated carbocycles. The van der Waals surface area contributed by atoms with Crippen LogP contribution in [0.2, 0.25) is 0 Å². The summed E-state index contributed by atoms with van der Waals surface area (Å²) in [6.07, 6.45) is 3.38. The molecule has 1 unspecified atom stereocenters. The van der Waals surface area contributed by atoms with Crippen LogP contribution in [-0.4, -0.2) is 37.4 Å². The Morgan fingerprint density at radius 2 is 1.66 bits per heavy atom. The molecule has 5 heteroatoms. The average Bonchev–Trinajstić information content (AvgIpc) is 2.70. The van der Waals surface area contributed by atoms with E-state index in [1.165, 1.54) is 11.1 Å². The van der Waals surface area contributed by atoms with Crippen LogP contribution in [0.15, 0.2) is 53.4 Å². The lowest BCUT2D eigenvalue weighted by Gasteiger charge is -2.14. The van der Waals surface area contributed by atoms with Gasteiger partial charge in [0.05, 0.1) is 0 Å². The highest BCUT2D eigenvalue weighted by molar-refractivity contribution is 7.80. The average molecular weight is 413 g/mol. The summed E-state index contributed by atoms with van der Waals surface area (Å²) in [5, 5.41) is 3.03. The van der Waals surface area contributed by atoms with Crippen LogP contribution in [0.4, 0.5) is 0 Å². The Bertz CT molecular complexity index is 820. The molecule has 4 nitrogen and oxygen atoms in total. The van der Waals surface area contributed by atoms with E-state index in [9.17, 15) is 9.59 Å². The zero-order valence-corrected chi connectivity index (χ0v) is 18.5. The van der Waals surface area contributed by atoms with Gasteiger partial charge in [-0.25, -0.2) is 0 Å². The predicted octanol–water partition coefficient (Wildman–Crippen LogP) is 4.24. The number of benzene rings is 2. The van der Waals surface area contributed by atoms with E-state index in [4.69, 9.17) is 0 Å². The molecule has 0 radical (unpaired) electrons. The first-order valence-electron chi connectivity index (χ1n) is 10.2. The van der Waals surface area contributed by atoms with Gasteiger partial charge in [0.1, 0.15) is 0 Å². The first-order valence-corrected chi connectivity index (χ1v) is 10.6. The Balaban J connectivity index is 1.74. The normalized spacial score (nSPS) is 11.7. The Hall–Kier alpha value is -2.27. The summed E-state index contributed by atoms with van der Waals surface area (Å²) in [6.45, 7) is 2.84. The van der Waals surface area contributed by atoms with Crippen molar-refractivity contribution < 1.29 is 9.59 Å². The van der Waals surface area contributed by atoms with Gasteiger partial charge in [-0.3, -0.25) is 9.59 Å². The minimum atomic E-state index is 0.0812. The Morgan fingerprint density at radius 1 is 1.00 bits per heavy atom. The Kier molecular flexibility index (Phi) is 9.26. The first kappa shape index (κ1) is 23.0. The summed E-state index contributed by atoms with van der Waals surface area (Å²) in [7, 11) is 3.57. The molecule has 0 saturated heterocycles. The van der Waals surface area contributed by atoms with Gasteiger partial charge in [0.25, 0.3) is 0 Å². The number of thiol groups is 1. The molecular weight excluding hydrogens is 380 g/mol. The number of nitrogens with zero attached hydrogens (tertiary/aromatic N) is 1. The van der Waals surface area contributed by atoms with E-state index in [2.05, 4.69) is 49.1 Å². The number of carbonyl (C=O) groups is 2. The summed E-state index contributed by atoms with van der Waals surface area (Å²) in [5.41, 5.74) is 3.56. The second-order valence-electron chi connectivity index (χ2n) is 7.74. The Morgan fingerprint density at radius 3 is 2.34 bits per heavy atom. The minimum absolute atomic E-state index is 0.0812. The quantitative estimate of drug-likeness (QED) is 0.574. The van der Waals surface area contributed by atoms with Crippen LogP contribution in [0, 0.1) is 0 Å². The summed E-state index contributed by atoms with van der Waals surface area (Å²) in [6, 6.07) is 16.3. The fourth-order valence-corrected chi connectivity index (χ4v) is 3.43. The standard InChI is InChI=1S/C24H32N2O2S/c1-18(21-8-4-6-19(16-21)11-13-24(28)26(2)3)14-15-25-23(27)12-10-20-7-5-9-22(29)17-20/h4-9,16-18,29H,10-15H2,1-3H3,(H,25,27). The third-order valence-corrected chi connectivity index (χ3v) is 5.38. The van der Waals surface area contributed by atoms with Crippen molar-refractivity contribution in [3.63, 3.8) is 0 Å². The van der Waals surface area contributed by atoms with Crippen LogP contribution < -0.4 is 5.32 Å². The van der Waals surface area contributed by atoms with E-state index in [0.29, 0.717) is 25.3 Å². The monoisotopic (exact) mass is 412 g/mol. The van der Waals surface area contributed by atoms with Crippen molar-refractivity contribution in [3.05, 3.63) is 65.2 Å². The maximum absolute atomic E-state index is 12.1. The second-order valence-corrected chi connectivity index (χ2v) is 8.26. The molecule has 0 aromatic heterocycles. The van der Waals surface area contributed by atoms with Gasteiger partial charge in [-0.1, -0.05) is 43.3 Å². The molecule has 1 N–H and O–H groups in total. The molecule has 0 fully saturated rings. The van der Waals surface area contributed by atoms with Crippen molar-refractivity contribution >= 4 is 24.4 Å². The highest BCUT2D eigenvalue weighted by Gasteiger charge is 2.09. The molecule has 156 valence electrons. The van der Waals surface area contributed by atoms with E-state index in [-0.39, 0.29) is 11.8 Å². The summed E-state index contributed by atoms with van der Waals surface area (Å²) in [5.74, 6) is 0.575. The van der Waals surface area contributed by atoms with Crippen molar-refractivity contribution in [1.29, 1.82) is 0 Å². The van der Waals surface area contributed by atoms with Gasteiger partial charge >= 0.3 is 0 Å². The maximum Gasteiger partial charge on any atom is 0.222 e. The third kappa shape index (κ3) is 8.32. The van der Waals surface area contributed by atoms with E-state index in [1.54, 1.807) is 19.0 Å². The molecule has 2 aromatic rings. The number of carbonyl (C=O) groups excluding carboxylic acids is 2. The molecule has 0 spiro atoms. The largest absolute Gasteiger partial charge is 0.356 e. The van der Waals surface area contributed by atoms with Crippen LogP contribution in [0.25, 0.3) is 0 Å². The van der Waals surface area contributed by atoms with Crippen molar-refractivity contribution in [2.75, 3.05) is 20.6 Å². The summed E-state index contributed by atoms with van der Waals surface area (Å²) >= 11 is 4.33. The first-order chi connectivity index (χ1) is 13.8. The van der Waals surface area contributed by atoms with Crippen molar-refractivity contribution in [1.82, 2.24) is 10.2 Å². The smallest absolute Gasteiger partial charge is 0.222 e. The molecule has 2 amide bonds. The van der Waals surface area contributed by atoms with Crippen molar-refractivity contribution in [2.24, 2.45) is 0 Å². The highest BCUT2D eigenvalue weighted by Crippen LogP contribution is 2.20. The van der Waals surface area contributed by atoms with Gasteiger partial charge in [-0.15, -0.1) is 12.6 Å².